The second-order valence-corrected chi connectivity index (χ2v) is 6.68. The fraction of sp³-hybridized carbons (Fsp3) is 1.00. The van der Waals surface area contributed by atoms with Crippen LogP contribution < -0.4 is 5.73 Å². The Morgan fingerprint density at radius 1 is 1.12 bits per heavy atom. The first-order valence-electron chi connectivity index (χ1n) is 7.63. The first-order chi connectivity index (χ1) is 8.15. The molecule has 2 aliphatic rings. The van der Waals surface area contributed by atoms with Crippen LogP contribution in [0.25, 0.3) is 0 Å². The van der Waals surface area contributed by atoms with Crippen molar-refractivity contribution in [3.8, 4) is 0 Å². The van der Waals surface area contributed by atoms with Crippen molar-refractivity contribution in [3.63, 3.8) is 0 Å². The molecule has 1 aliphatic heterocycles. The molecule has 1 aliphatic carbocycles. The van der Waals surface area contributed by atoms with Gasteiger partial charge in [0.15, 0.2) is 0 Å². The molecule has 2 fully saturated rings. The molecule has 2 N–H and O–H groups in total. The lowest BCUT2D eigenvalue weighted by Crippen LogP contribution is -2.27. The fourth-order valence-corrected chi connectivity index (χ4v) is 3.80. The van der Waals surface area contributed by atoms with Crippen LogP contribution in [-0.2, 0) is 0 Å². The Balaban J connectivity index is 1.61. The van der Waals surface area contributed by atoms with Gasteiger partial charge in [0.05, 0.1) is 0 Å². The molecular weight excluding hydrogens is 208 g/mol. The number of hydrogen-bond acceptors (Lipinski definition) is 2. The summed E-state index contributed by atoms with van der Waals surface area (Å²) in [5.74, 6) is 2.95. The molecule has 2 heteroatoms. The highest BCUT2D eigenvalue weighted by molar-refractivity contribution is 4.88. The highest BCUT2D eigenvalue weighted by Crippen LogP contribution is 2.37. The van der Waals surface area contributed by atoms with Gasteiger partial charge in [-0.15, -0.1) is 0 Å². The summed E-state index contributed by atoms with van der Waals surface area (Å²) in [4.78, 5) is 2.73. The minimum atomic E-state index is 0.383. The molecule has 0 amide bonds. The van der Waals surface area contributed by atoms with Crippen LogP contribution in [-0.4, -0.2) is 30.6 Å². The van der Waals surface area contributed by atoms with Crippen molar-refractivity contribution >= 4 is 0 Å². The highest BCUT2D eigenvalue weighted by atomic mass is 15.2. The van der Waals surface area contributed by atoms with Gasteiger partial charge >= 0.3 is 0 Å². The average molecular weight is 238 g/mol. The third-order valence-corrected chi connectivity index (χ3v) is 4.73. The summed E-state index contributed by atoms with van der Waals surface area (Å²) >= 11 is 0. The summed E-state index contributed by atoms with van der Waals surface area (Å²) in [5.41, 5.74) is 5.79. The summed E-state index contributed by atoms with van der Waals surface area (Å²) in [7, 11) is 0. The monoisotopic (exact) mass is 238 g/mol. The Hall–Kier alpha value is -0.0800. The Bertz CT molecular complexity index is 215. The zero-order valence-corrected chi connectivity index (χ0v) is 11.7. The zero-order valence-electron chi connectivity index (χ0n) is 11.7. The van der Waals surface area contributed by atoms with Crippen molar-refractivity contribution in [1.29, 1.82) is 0 Å². The molecule has 17 heavy (non-hydrogen) atoms. The summed E-state index contributed by atoms with van der Waals surface area (Å²) < 4.78 is 0. The molecule has 0 aromatic rings. The van der Waals surface area contributed by atoms with Gasteiger partial charge in [0, 0.05) is 25.7 Å². The van der Waals surface area contributed by atoms with Crippen LogP contribution in [0.3, 0.4) is 0 Å². The van der Waals surface area contributed by atoms with Gasteiger partial charge in [-0.05, 0) is 50.4 Å². The Labute approximate surface area is 107 Å². The molecule has 2 nitrogen and oxygen atoms in total. The highest BCUT2D eigenvalue weighted by Gasteiger charge is 2.35. The molecule has 0 aromatic carbocycles. The predicted molar refractivity (Wildman–Crippen MR) is 73.9 cm³/mol. The lowest BCUT2D eigenvalue weighted by atomic mass is 10.0. The number of likely N-dealkylation sites (tertiary alicyclic amines) is 1. The quantitative estimate of drug-likeness (QED) is 0.771. The smallest absolute Gasteiger partial charge is 0.00130 e. The summed E-state index contributed by atoms with van der Waals surface area (Å²) in [5, 5.41) is 0. The van der Waals surface area contributed by atoms with E-state index in [2.05, 4.69) is 18.7 Å². The van der Waals surface area contributed by atoms with Crippen LogP contribution in [0.1, 0.15) is 52.4 Å². The molecule has 0 radical (unpaired) electrons. The van der Waals surface area contributed by atoms with Gasteiger partial charge < -0.3 is 10.6 Å². The van der Waals surface area contributed by atoms with Gasteiger partial charge in [0.1, 0.15) is 0 Å². The second kappa shape index (κ2) is 6.19. The van der Waals surface area contributed by atoms with Crippen molar-refractivity contribution in [1.82, 2.24) is 4.90 Å². The van der Waals surface area contributed by atoms with Crippen LogP contribution in [0.4, 0.5) is 0 Å². The Morgan fingerprint density at radius 2 is 1.76 bits per heavy atom. The molecular formula is C15H30N2. The van der Waals surface area contributed by atoms with E-state index in [-0.39, 0.29) is 0 Å². The number of nitrogens with zero attached hydrogens (tertiary/aromatic N) is 1. The summed E-state index contributed by atoms with van der Waals surface area (Å²) in [6.07, 6.45) is 8.34. The van der Waals surface area contributed by atoms with Crippen molar-refractivity contribution in [2.75, 3.05) is 19.6 Å². The molecule has 4 unspecified atom stereocenters. The molecule has 1 saturated heterocycles. The largest absolute Gasteiger partial charge is 0.328 e. The van der Waals surface area contributed by atoms with E-state index in [4.69, 9.17) is 5.73 Å². The number of nitrogens with two attached hydrogens (primary N) is 1. The molecule has 100 valence electrons. The Morgan fingerprint density at radius 3 is 2.35 bits per heavy atom. The van der Waals surface area contributed by atoms with Gasteiger partial charge in [-0.2, -0.15) is 0 Å². The maximum absolute atomic E-state index is 5.79. The first kappa shape index (κ1) is 13.4. The zero-order chi connectivity index (χ0) is 12.3. The van der Waals surface area contributed by atoms with Crippen molar-refractivity contribution in [3.05, 3.63) is 0 Å². The molecule has 1 saturated carbocycles. The van der Waals surface area contributed by atoms with Crippen molar-refractivity contribution in [2.24, 2.45) is 23.5 Å². The number of fused-ring (bicyclic) bond motifs is 1. The van der Waals surface area contributed by atoms with E-state index in [0.29, 0.717) is 6.04 Å². The lowest BCUT2D eigenvalue weighted by Gasteiger charge is -2.21. The van der Waals surface area contributed by atoms with Gasteiger partial charge in [-0.1, -0.05) is 19.8 Å². The van der Waals surface area contributed by atoms with Gasteiger partial charge in [-0.3, -0.25) is 0 Å². The van der Waals surface area contributed by atoms with E-state index >= 15 is 0 Å². The molecule has 0 aromatic heterocycles. The normalized spacial score (nSPS) is 32.6. The third kappa shape index (κ3) is 3.96. The van der Waals surface area contributed by atoms with E-state index in [0.717, 1.165) is 17.8 Å². The Kier molecular flexibility index (Phi) is 4.87. The molecule has 0 spiro atoms. The summed E-state index contributed by atoms with van der Waals surface area (Å²) in [6.45, 7) is 8.64. The second-order valence-electron chi connectivity index (χ2n) is 6.68. The minimum absolute atomic E-state index is 0.383. The van der Waals surface area contributed by atoms with Crippen LogP contribution in [0.2, 0.25) is 0 Å². The van der Waals surface area contributed by atoms with Gasteiger partial charge in [-0.25, -0.2) is 0 Å². The third-order valence-electron chi connectivity index (χ3n) is 4.73. The maximum atomic E-state index is 5.79. The van der Waals surface area contributed by atoms with Crippen molar-refractivity contribution < 1.29 is 0 Å². The molecule has 2 rings (SSSR count). The topological polar surface area (TPSA) is 29.3 Å². The standard InChI is InChI=1S/C15H30N2/c1-12(5-3-6-13(2)16)9-17-10-14-7-4-8-15(14)11-17/h12-15H,3-11,16H2,1-2H3. The van der Waals surface area contributed by atoms with Gasteiger partial charge in [0.2, 0.25) is 0 Å². The van der Waals surface area contributed by atoms with Crippen molar-refractivity contribution in [2.45, 2.75) is 58.4 Å². The van der Waals surface area contributed by atoms with Crippen LogP contribution >= 0.6 is 0 Å². The van der Waals surface area contributed by atoms with Crippen LogP contribution in [0, 0.1) is 17.8 Å². The van der Waals surface area contributed by atoms with Crippen LogP contribution in [0.15, 0.2) is 0 Å². The lowest BCUT2D eigenvalue weighted by molar-refractivity contribution is 0.257. The van der Waals surface area contributed by atoms with E-state index in [9.17, 15) is 0 Å². The van der Waals surface area contributed by atoms with E-state index in [1.165, 1.54) is 58.2 Å². The SMILES string of the molecule is CC(N)CCCC(C)CN1CC2CCCC2C1. The summed E-state index contributed by atoms with van der Waals surface area (Å²) in [6, 6.07) is 0.383. The minimum Gasteiger partial charge on any atom is -0.328 e. The molecule has 4 atom stereocenters. The molecule has 1 heterocycles. The van der Waals surface area contributed by atoms with E-state index < -0.39 is 0 Å². The van der Waals surface area contributed by atoms with Gasteiger partial charge in [0.25, 0.3) is 0 Å². The number of rotatable bonds is 6. The van der Waals surface area contributed by atoms with E-state index in [1.54, 1.807) is 0 Å². The van der Waals surface area contributed by atoms with E-state index in [1.807, 2.05) is 0 Å². The maximum Gasteiger partial charge on any atom is 0.00130 e. The van der Waals surface area contributed by atoms with Crippen LogP contribution in [0.5, 0.6) is 0 Å². The number of hydrogen-bond donors (Lipinski definition) is 1. The predicted octanol–water partition coefficient (Wildman–Crippen LogP) is 2.87. The molecule has 0 bridgehead atoms. The first-order valence-corrected chi connectivity index (χ1v) is 7.63. The average Bonchev–Trinajstić information content (AvgIpc) is 2.76. The fourth-order valence-electron chi connectivity index (χ4n) is 3.80.